The Hall–Kier alpha value is -1.72. The Balaban J connectivity index is 1.59. The van der Waals surface area contributed by atoms with Gasteiger partial charge >= 0.3 is 0 Å². The van der Waals surface area contributed by atoms with Gasteiger partial charge in [0.25, 0.3) is 0 Å². The Morgan fingerprint density at radius 3 is 2.95 bits per heavy atom. The van der Waals surface area contributed by atoms with Crippen LogP contribution in [0.2, 0.25) is 0 Å². The van der Waals surface area contributed by atoms with E-state index in [1.165, 1.54) is 12.8 Å². The van der Waals surface area contributed by atoms with E-state index < -0.39 is 0 Å². The lowest BCUT2D eigenvalue weighted by Gasteiger charge is -2.18. The third kappa shape index (κ3) is 3.23. The molecule has 1 atom stereocenters. The molecular weight excluding hydrogens is 252 g/mol. The molecule has 3 rings (SSSR count). The van der Waals surface area contributed by atoms with Gasteiger partial charge < -0.3 is 9.84 Å². The highest BCUT2D eigenvalue weighted by Gasteiger charge is 2.17. The van der Waals surface area contributed by atoms with Crippen LogP contribution in [0.15, 0.2) is 34.9 Å². The number of nitrogens with zero attached hydrogens (tertiary/aromatic N) is 3. The van der Waals surface area contributed by atoms with Gasteiger partial charge in [-0.25, -0.2) is 0 Å². The van der Waals surface area contributed by atoms with Gasteiger partial charge in [-0.3, -0.25) is 4.90 Å². The predicted octanol–water partition coefficient (Wildman–Crippen LogP) is 1.92. The standard InChI is InChI=1S/C15H20N4O/c1-19(10-13-8-5-9-16-13)11-14-17-15(18-20-14)12-6-3-2-4-7-12/h2-4,6-7,13,16H,5,8-11H2,1H3. The Morgan fingerprint density at radius 1 is 1.35 bits per heavy atom. The molecule has 0 saturated carbocycles. The summed E-state index contributed by atoms with van der Waals surface area (Å²) in [7, 11) is 2.09. The van der Waals surface area contributed by atoms with Crippen LogP contribution in [0.25, 0.3) is 11.4 Å². The normalized spacial score (nSPS) is 18.8. The van der Waals surface area contributed by atoms with Crippen molar-refractivity contribution in [2.24, 2.45) is 0 Å². The lowest BCUT2D eigenvalue weighted by molar-refractivity contribution is 0.248. The molecule has 1 aromatic carbocycles. The van der Waals surface area contributed by atoms with Gasteiger partial charge in [0.15, 0.2) is 0 Å². The first kappa shape index (κ1) is 13.3. The van der Waals surface area contributed by atoms with Gasteiger partial charge in [0.2, 0.25) is 11.7 Å². The second-order valence-corrected chi connectivity index (χ2v) is 5.37. The maximum absolute atomic E-state index is 5.33. The van der Waals surface area contributed by atoms with Crippen LogP contribution in [0.1, 0.15) is 18.7 Å². The largest absolute Gasteiger partial charge is 0.338 e. The van der Waals surface area contributed by atoms with E-state index in [1.807, 2.05) is 30.3 Å². The van der Waals surface area contributed by atoms with Gasteiger partial charge in [-0.2, -0.15) is 4.98 Å². The molecule has 5 nitrogen and oxygen atoms in total. The molecule has 0 radical (unpaired) electrons. The lowest BCUT2D eigenvalue weighted by Crippen LogP contribution is -2.35. The number of aromatic nitrogens is 2. The van der Waals surface area contributed by atoms with E-state index in [4.69, 9.17) is 4.52 Å². The topological polar surface area (TPSA) is 54.2 Å². The highest BCUT2D eigenvalue weighted by atomic mass is 16.5. The van der Waals surface area contributed by atoms with Crippen molar-refractivity contribution in [2.45, 2.75) is 25.4 Å². The summed E-state index contributed by atoms with van der Waals surface area (Å²) in [6.45, 7) is 2.85. The fourth-order valence-electron chi connectivity index (χ4n) is 2.61. The first-order valence-electron chi connectivity index (χ1n) is 7.11. The van der Waals surface area contributed by atoms with Crippen molar-refractivity contribution in [3.05, 3.63) is 36.2 Å². The van der Waals surface area contributed by atoms with E-state index >= 15 is 0 Å². The van der Waals surface area contributed by atoms with Crippen molar-refractivity contribution < 1.29 is 4.52 Å². The summed E-state index contributed by atoms with van der Waals surface area (Å²) in [6.07, 6.45) is 2.53. The third-order valence-electron chi connectivity index (χ3n) is 3.60. The van der Waals surface area contributed by atoms with Crippen LogP contribution < -0.4 is 5.32 Å². The van der Waals surface area contributed by atoms with E-state index in [0.29, 0.717) is 24.3 Å². The maximum Gasteiger partial charge on any atom is 0.241 e. The summed E-state index contributed by atoms with van der Waals surface area (Å²) < 4.78 is 5.33. The second kappa shape index (κ2) is 6.15. The molecule has 1 aliphatic heterocycles. The van der Waals surface area contributed by atoms with Crippen molar-refractivity contribution in [3.63, 3.8) is 0 Å². The van der Waals surface area contributed by atoms with E-state index in [9.17, 15) is 0 Å². The molecule has 1 N–H and O–H groups in total. The van der Waals surface area contributed by atoms with Crippen molar-refractivity contribution in [1.29, 1.82) is 0 Å². The van der Waals surface area contributed by atoms with Crippen molar-refractivity contribution in [2.75, 3.05) is 20.1 Å². The van der Waals surface area contributed by atoms with Crippen LogP contribution in [0.5, 0.6) is 0 Å². The molecule has 0 spiro atoms. The van der Waals surface area contributed by atoms with Gasteiger partial charge in [0, 0.05) is 18.2 Å². The van der Waals surface area contributed by atoms with Crippen LogP contribution in [0, 0.1) is 0 Å². The Bertz CT molecular complexity index is 534. The van der Waals surface area contributed by atoms with Gasteiger partial charge in [0.1, 0.15) is 0 Å². The number of benzene rings is 1. The van der Waals surface area contributed by atoms with Gasteiger partial charge in [-0.15, -0.1) is 0 Å². The zero-order chi connectivity index (χ0) is 13.8. The summed E-state index contributed by atoms with van der Waals surface area (Å²) in [5.74, 6) is 1.33. The molecule has 1 fully saturated rings. The first-order valence-corrected chi connectivity index (χ1v) is 7.11. The minimum atomic E-state index is 0.594. The monoisotopic (exact) mass is 272 g/mol. The Morgan fingerprint density at radius 2 is 2.20 bits per heavy atom. The minimum Gasteiger partial charge on any atom is -0.338 e. The molecule has 0 aliphatic carbocycles. The molecule has 2 aromatic rings. The van der Waals surface area contributed by atoms with E-state index in [-0.39, 0.29) is 0 Å². The lowest BCUT2D eigenvalue weighted by atomic mass is 10.2. The van der Waals surface area contributed by atoms with Crippen molar-refractivity contribution >= 4 is 0 Å². The summed E-state index contributed by atoms with van der Waals surface area (Å²) in [6, 6.07) is 10.5. The molecule has 1 aromatic heterocycles. The van der Waals surface area contributed by atoms with Crippen molar-refractivity contribution in [3.8, 4) is 11.4 Å². The third-order valence-corrected chi connectivity index (χ3v) is 3.60. The maximum atomic E-state index is 5.33. The van der Waals surface area contributed by atoms with Crippen LogP contribution in [-0.2, 0) is 6.54 Å². The minimum absolute atomic E-state index is 0.594. The van der Waals surface area contributed by atoms with Gasteiger partial charge in [-0.05, 0) is 26.4 Å². The average Bonchev–Trinajstić information content (AvgIpc) is 3.11. The fraction of sp³-hybridized carbons (Fsp3) is 0.467. The van der Waals surface area contributed by atoms with Crippen molar-refractivity contribution in [1.82, 2.24) is 20.4 Å². The highest BCUT2D eigenvalue weighted by Crippen LogP contribution is 2.15. The number of nitrogens with one attached hydrogen (secondary N) is 1. The zero-order valence-electron chi connectivity index (χ0n) is 11.7. The zero-order valence-corrected chi connectivity index (χ0v) is 11.7. The Labute approximate surface area is 119 Å². The first-order chi connectivity index (χ1) is 9.81. The molecule has 0 bridgehead atoms. The number of likely N-dealkylation sites (N-methyl/N-ethyl adjacent to an activating group) is 1. The molecular formula is C15H20N4O. The van der Waals surface area contributed by atoms with E-state index in [2.05, 4.69) is 27.4 Å². The molecule has 0 amide bonds. The smallest absolute Gasteiger partial charge is 0.241 e. The number of hydrogen-bond acceptors (Lipinski definition) is 5. The SMILES string of the molecule is CN(Cc1nc(-c2ccccc2)no1)CC1CCCN1. The average molecular weight is 272 g/mol. The summed E-state index contributed by atoms with van der Waals surface area (Å²) in [5.41, 5.74) is 0.989. The van der Waals surface area contributed by atoms with E-state index in [1.54, 1.807) is 0 Å². The van der Waals surface area contributed by atoms with Crippen LogP contribution >= 0.6 is 0 Å². The van der Waals surface area contributed by atoms with Crippen LogP contribution in [0.3, 0.4) is 0 Å². The summed E-state index contributed by atoms with van der Waals surface area (Å²) in [4.78, 5) is 6.68. The van der Waals surface area contributed by atoms with E-state index in [0.717, 1.165) is 18.7 Å². The molecule has 20 heavy (non-hydrogen) atoms. The summed E-state index contributed by atoms with van der Waals surface area (Å²) in [5, 5.41) is 7.54. The number of hydrogen-bond donors (Lipinski definition) is 1. The summed E-state index contributed by atoms with van der Waals surface area (Å²) >= 11 is 0. The fourth-order valence-corrected chi connectivity index (χ4v) is 2.61. The Kier molecular flexibility index (Phi) is 4.08. The predicted molar refractivity (Wildman–Crippen MR) is 77.1 cm³/mol. The van der Waals surface area contributed by atoms with Crippen LogP contribution in [-0.4, -0.2) is 41.2 Å². The van der Waals surface area contributed by atoms with Gasteiger partial charge in [0.05, 0.1) is 6.54 Å². The molecule has 1 unspecified atom stereocenters. The molecule has 1 aliphatic rings. The van der Waals surface area contributed by atoms with Crippen LogP contribution in [0.4, 0.5) is 0 Å². The molecule has 1 saturated heterocycles. The quantitative estimate of drug-likeness (QED) is 0.901. The second-order valence-electron chi connectivity index (χ2n) is 5.37. The molecule has 106 valence electrons. The molecule has 5 heteroatoms. The molecule has 2 heterocycles. The highest BCUT2D eigenvalue weighted by molar-refractivity contribution is 5.53. The van der Waals surface area contributed by atoms with Gasteiger partial charge in [-0.1, -0.05) is 35.5 Å². The number of rotatable bonds is 5.